The van der Waals surface area contributed by atoms with Crippen molar-refractivity contribution >= 4 is 15.7 Å². The van der Waals surface area contributed by atoms with Crippen LogP contribution in [0.2, 0.25) is 0 Å². The second-order valence-corrected chi connectivity index (χ2v) is 10.3. The van der Waals surface area contributed by atoms with E-state index in [-0.39, 0.29) is 27.8 Å². The molecule has 2 aromatic carbocycles. The van der Waals surface area contributed by atoms with E-state index in [9.17, 15) is 13.2 Å². The van der Waals surface area contributed by atoms with E-state index in [4.69, 9.17) is 9.15 Å². The van der Waals surface area contributed by atoms with Crippen molar-refractivity contribution in [3.63, 3.8) is 0 Å². The maximum absolute atomic E-state index is 13.4. The first kappa shape index (κ1) is 23.3. The van der Waals surface area contributed by atoms with Gasteiger partial charge in [-0.25, -0.2) is 8.42 Å². The highest BCUT2D eigenvalue weighted by Gasteiger charge is 2.28. The molecule has 1 atom stereocenters. The molecule has 7 heteroatoms. The Morgan fingerprint density at radius 1 is 1.00 bits per heavy atom. The zero-order chi connectivity index (χ0) is 23.4. The molecule has 2 heterocycles. The number of aryl methyl sites for hydroxylation is 2. The normalized spacial score (nSPS) is 16.1. The van der Waals surface area contributed by atoms with E-state index in [1.54, 1.807) is 29.2 Å². The fourth-order valence-corrected chi connectivity index (χ4v) is 5.10. The van der Waals surface area contributed by atoms with Crippen LogP contribution in [0.5, 0.6) is 0 Å². The number of sulfone groups is 1. The van der Waals surface area contributed by atoms with Crippen molar-refractivity contribution in [1.82, 2.24) is 4.90 Å². The fraction of sp³-hybridized carbons (Fsp3) is 0.346. The van der Waals surface area contributed by atoms with Crippen LogP contribution in [0.15, 0.2) is 75.1 Å². The molecule has 1 aliphatic rings. The third-order valence-corrected chi connectivity index (χ3v) is 7.57. The molecule has 0 radical (unpaired) electrons. The number of hydrogen-bond acceptors (Lipinski definition) is 5. The van der Waals surface area contributed by atoms with E-state index >= 15 is 0 Å². The Kier molecular flexibility index (Phi) is 7.00. The van der Waals surface area contributed by atoms with E-state index in [0.29, 0.717) is 19.7 Å². The van der Waals surface area contributed by atoms with Gasteiger partial charge in [-0.15, -0.1) is 0 Å². The molecule has 0 N–H and O–H groups in total. The monoisotopic (exact) mass is 467 g/mol. The van der Waals surface area contributed by atoms with E-state index in [0.717, 1.165) is 30.4 Å². The van der Waals surface area contributed by atoms with Crippen molar-refractivity contribution < 1.29 is 22.4 Å². The van der Waals surface area contributed by atoms with Gasteiger partial charge in [0.1, 0.15) is 0 Å². The van der Waals surface area contributed by atoms with Crippen molar-refractivity contribution in [2.45, 2.75) is 55.7 Å². The van der Waals surface area contributed by atoms with E-state index in [2.05, 4.69) is 19.1 Å². The number of furan rings is 1. The maximum atomic E-state index is 13.4. The van der Waals surface area contributed by atoms with Crippen LogP contribution in [-0.4, -0.2) is 38.5 Å². The van der Waals surface area contributed by atoms with Gasteiger partial charge in [0.2, 0.25) is 14.9 Å². The average molecular weight is 468 g/mol. The van der Waals surface area contributed by atoms with Crippen LogP contribution in [0.4, 0.5) is 0 Å². The highest BCUT2D eigenvalue weighted by molar-refractivity contribution is 7.91. The number of carbonyl (C=O) groups excluding carboxylic acids is 1. The Labute approximate surface area is 195 Å². The number of nitrogens with zero attached hydrogens (tertiary/aromatic N) is 1. The standard InChI is InChI=1S/C26H29NO5S/c1-3-20-8-10-21(11-9-20)17-27(18-22-5-4-16-31-22)26(28)24-14-15-25(32-24)33(29,30)23-12-6-19(2)7-13-23/h6-15,22H,3-5,16-18H2,1-2H3. The predicted octanol–water partition coefficient (Wildman–Crippen LogP) is 4.80. The maximum Gasteiger partial charge on any atom is 0.290 e. The van der Waals surface area contributed by atoms with Crippen LogP contribution in [0, 0.1) is 6.92 Å². The summed E-state index contributed by atoms with van der Waals surface area (Å²) in [6, 6.07) is 17.5. The second-order valence-electron chi connectivity index (χ2n) is 8.43. The van der Waals surface area contributed by atoms with Gasteiger partial charge in [-0.05, 0) is 61.6 Å². The number of hydrogen-bond donors (Lipinski definition) is 0. The third kappa shape index (κ3) is 5.37. The van der Waals surface area contributed by atoms with Crippen molar-refractivity contribution in [1.29, 1.82) is 0 Å². The number of carbonyl (C=O) groups is 1. The Hall–Kier alpha value is -2.90. The molecule has 0 spiro atoms. The smallest absolute Gasteiger partial charge is 0.290 e. The molecule has 0 bridgehead atoms. The van der Waals surface area contributed by atoms with Crippen LogP contribution < -0.4 is 0 Å². The molecule has 0 saturated carbocycles. The van der Waals surface area contributed by atoms with Crippen LogP contribution in [0.25, 0.3) is 0 Å². The minimum Gasteiger partial charge on any atom is -0.439 e. The van der Waals surface area contributed by atoms with Gasteiger partial charge in [0, 0.05) is 19.7 Å². The van der Waals surface area contributed by atoms with Gasteiger partial charge < -0.3 is 14.1 Å². The van der Waals surface area contributed by atoms with E-state index in [1.807, 2.05) is 19.1 Å². The molecule has 1 unspecified atom stereocenters. The molecule has 1 amide bonds. The molecule has 0 aliphatic carbocycles. The summed E-state index contributed by atoms with van der Waals surface area (Å²) in [5.41, 5.74) is 3.19. The first-order valence-corrected chi connectivity index (χ1v) is 12.8. The first-order chi connectivity index (χ1) is 15.9. The number of rotatable bonds is 8. The molecule has 1 fully saturated rings. The van der Waals surface area contributed by atoms with Crippen LogP contribution >= 0.6 is 0 Å². The summed E-state index contributed by atoms with van der Waals surface area (Å²) < 4.78 is 37.2. The molecule has 1 saturated heterocycles. The lowest BCUT2D eigenvalue weighted by atomic mass is 10.1. The third-order valence-electron chi connectivity index (χ3n) is 5.93. The largest absolute Gasteiger partial charge is 0.439 e. The summed E-state index contributed by atoms with van der Waals surface area (Å²) in [5.74, 6) is -0.348. The van der Waals surface area contributed by atoms with E-state index in [1.165, 1.54) is 17.7 Å². The van der Waals surface area contributed by atoms with E-state index < -0.39 is 9.84 Å². The van der Waals surface area contributed by atoms with Crippen molar-refractivity contribution in [3.8, 4) is 0 Å². The summed E-state index contributed by atoms with van der Waals surface area (Å²) in [6.07, 6.45) is 2.78. The summed E-state index contributed by atoms with van der Waals surface area (Å²) >= 11 is 0. The highest BCUT2D eigenvalue weighted by atomic mass is 32.2. The Balaban J connectivity index is 1.57. The SMILES string of the molecule is CCc1ccc(CN(CC2CCCO2)C(=O)c2ccc(S(=O)(=O)c3ccc(C)cc3)o2)cc1. The minimum absolute atomic E-state index is 0.00358. The summed E-state index contributed by atoms with van der Waals surface area (Å²) in [7, 11) is -3.85. The topological polar surface area (TPSA) is 76.8 Å². The molecule has 4 rings (SSSR count). The van der Waals surface area contributed by atoms with Gasteiger partial charge in [-0.3, -0.25) is 4.79 Å². The summed E-state index contributed by atoms with van der Waals surface area (Å²) in [4.78, 5) is 15.2. The highest BCUT2D eigenvalue weighted by Crippen LogP contribution is 2.25. The zero-order valence-electron chi connectivity index (χ0n) is 19.0. The minimum atomic E-state index is -3.85. The Bertz CT molecular complexity index is 1190. The number of benzene rings is 2. The number of ether oxygens (including phenoxy) is 1. The quantitative estimate of drug-likeness (QED) is 0.475. The second kappa shape index (κ2) is 9.93. The van der Waals surface area contributed by atoms with Gasteiger partial charge in [-0.2, -0.15) is 0 Å². The molecule has 3 aromatic rings. The van der Waals surface area contributed by atoms with Crippen molar-refractivity contribution in [2.24, 2.45) is 0 Å². The molecule has 6 nitrogen and oxygen atoms in total. The lowest BCUT2D eigenvalue weighted by Crippen LogP contribution is -2.36. The molecular weight excluding hydrogens is 438 g/mol. The van der Waals surface area contributed by atoms with Gasteiger partial charge in [-0.1, -0.05) is 48.9 Å². The fourth-order valence-electron chi connectivity index (χ4n) is 3.92. The first-order valence-electron chi connectivity index (χ1n) is 11.3. The summed E-state index contributed by atoms with van der Waals surface area (Å²) in [5, 5.41) is -0.237. The number of amides is 1. The Morgan fingerprint density at radius 2 is 1.70 bits per heavy atom. The predicted molar refractivity (Wildman–Crippen MR) is 125 cm³/mol. The van der Waals surface area contributed by atoms with Crippen LogP contribution in [-0.2, 0) is 27.5 Å². The Morgan fingerprint density at radius 3 is 2.33 bits per heavy atom. The van der Waals surface area contributed by atoms with Gasteiger partial charge in [0.25, 0.3) is 5.91 Å². The van der Waals surface area contributed by atoms with Crippen LogP contribution in [0.1, 0.15) is 47.0 Å². The van der Waals surface area contributed by atoms with Gasteiger partial charge in [0.15, 0.2) is 5.76 Å². The van der Waals surface area contributed by atoms with Gasteiger partial charge in [0.05, 0.1) is 11.0 Å². The molecule has 1 aromatic heterocycles. The van der Waals surface area contributed by atoms with Gasteiger partial charge >= 0.3 is 0 Å². The van der Waals surface area contributed by atoms with Crippen molar-refractivity contribution in [2.75, 3.05) is 13.2 Å². The van der Waals surface area contributed by atoms with Crippen LogP contribution in [0.3, 0.4) is 0 Å². The van der Waals surface area contributed by atoms with Crippen molar-refractivity contribution in [3.05, 3.63) is 83.1 Å². The molecular formula is C26H29NO5S. The molecule has 33 heavy (non-hydrogen) atoms. The average Bonchev–Trinajstić information content (AvgIpc) is 3.52. The lowest BCUT2D eigenvalue weighted by Gasteiger charge is -2.25. The lowest BCUT2D eigenvalue weighted by molar-refractivity contribution is 0.0480. The zero-order valence-corrected chi connectivity index (χ0v) is 19.8. The molecule has 174 valence electrons. The summed E-state index contributed by atoms with van der Waals surface area (Å²) in [6.45, 7) is 5.50. The molecule has 1 aliphatic heterocycles.